The van der Waals surface area contributed by atoms with Crippen molar-refractivity contribution in [3.63, 3.8) is 0 Å². The summed E-state index contributed by atoms with van der Waals surface area (Å²) in [6, 6.07) is 13.9. The minimum atomic E-state index is -0.476. The fourth-order valence-corrected chi connectivity index (χ4v) is 3.78. The van der Waals surface area contributed by atoms with Gasteiger partial charge in [0.25, 0.3) is 0 Å². The molecule has 0 bridgehead atoms. The van der Waals surface area contributed by atoms with E-state index in [1.54, 1.807) is 6.26 Å². The molecule has 1 fully saturated rings. The third kappa shape index (κ3) is 7.59. The van der Waals surface area contributed by atoms with Crippen molar-refractivity contribution in [2.45, 2.75) is 44.8 Å². The number of aliphatic hydroxyl groups excluding tert-OH is 1. The van der Waals surface area contributed by atoms with Crippen LogP contribution in [0.2, 0.25) is 0 Å². The van der Waals surface area contributed by atoms with Crippen molar-refractivity contribution < 1.29 is 9.52 Å². The summed E-state index contributed by atoms with van der Waals surface area (Å²) in [7, 11) is 0. The Hall–Kier alpha value is -1.58. The summed E-state index contributed by atoms with van der Waals surface area (Å²) in [5.74, 6) is 1.76. The average Bonchev–Trinajstić information content (AvgIpc) is 3.30. The van der Waals surface area contributed by atoms with Gasteiger partial charge in [-0.25, -0.2) is 0 Å². The highest BCUT2D eigenvalue weighted by Crippen LogP contribution is 2.25. The minimum Gasteiger partial charge on any atom is -0.468 e. The fourth-order valence-electron chi connectivity index (χ4n) is 3.78. The maximum atomic E-state index is 10.4. The van der Waals surface area contributed by atoms with Gasteiger partial charge in [0.1, 0.15) is 5.76 Å². The summed E-state index contributed by atoms with van der Waals surface area (Å²) in [4.78, 5) is 7.31. The molecule has 3 N–H and O–H groups in total. The highest BCUT2D eigenvalue weighted by molar-refractivity contribution is 14.0. The summed E-state index contributed by atoms with van der Waals surface area (Å²) < 4.78 is 5.72. The number of nitrogens with one attached hydrogen (secondary N) is 2. The molecule has 2 unspecified atom stereocenters. The molecule has 166 valence electrons. The number of aliphatic hydroxyl groups is 1. The summed E-state index contributed by atoms with van der Waals surface area (Å²) in [5, 5.41) is 17.0. The van der Waals surface area contributed by atoms with Gasteiger partial charge in [-0.15, -0.1) is 24.0 Å². The molecule has 0 amide bonds. The standard InChI is InChI=1S/C23H34N4O2.HI/c1-2-24-23(25-14-13-21(28)19-10-5-3-6-11-19)26-18-20(22-12-9-17-29-22)27-15-7-4-8-16-27;/h3,5-6,9-12,17,20-21,28H,2,4,7-8,13-16,18H2,1H3,(H2,24,25,26);1H. The zero-order valence-corrected chi connectivity index (χ0v) is 20.1. The predicted octanol–water partition coefficient (Wildman–Crippen LogP) is 4.10. The van der Waals surface area contributed by atoms with Crippen molar-refractivity contribution in [3.8, 4) is 0 Å². The number of guanidine groups is 1. The van der Waals surface area contributed by atoms with Crippen molar-refractivity contribution in [1.82, 2.24) is 15.5 Å². The van der Waals surface area contributed by atoms with Gasteiger partial charge in [0.05, 0.1) is 25.0 Å². The molecule has 7 heteroatoms. The van der Waals surface area contributed by atoms with Gasteiger partial charge in [0.2, 0.25) is 0 Å². The normalized spacial score (nSPS) is 17.1. The predicted molar refractivity (Wildman–Crippen MR) is 132 cm³/mol. The molecule has 2 aromatic rings. The first-order valence-electron chi connectivity index (χ1n) is 10.8. The Morgan fingerprint density at radius 1 is 1.10 bits per heavy atom. The van der Waals surface area contributed by atoms with Gasteiger partial charge in [-0.1, -0.05) is 36.8 Å². The molecule has 0 spiro atoms. The summed E-state index contributed by atoms with van der Waals surface area (Å²) in [5.41, 5.74) is 0.944. The van der Waals surface area contributed by atoms with E-state index in [1.165, 1.54) is 19.3 Å². The Morgan fingerprint density at radius 3 is 2.53 bits per heavy atom. The number of hydrogen-bond donors (Lipinski definition) is 3. The Balaban J connectivity index is 0.00000320. The lowest BCUT2D eigenvalue weighted by Gasteiger charge is -2.32. The number of halogens is 1. The lowest BCUT2D eigenvalue weighted by molar-refractivity contribution is 0.150. The first kappa shape index (κ1) is 24.7. The molecule has 1 saturated heterocycles. The van der Waals surface area contributed by atoms with Crippen LogP contribution in [-0.4, -0.2) is 48.7 Å². The number of hydrogen-bond acceptors (Lipinski definition) is 4. The van der Waals surface area contributed by atoms with E-state index in [9.17, 15) is 5.11 Å². The van der Waals surface area contributed by atoms with Crippen LogP contribution in [0.25, 0.3) is 0 Å². The number of rotatable bonds is 9. The molecule has 30 heavy (non-hydrogen) atoms. The quantitative estimate of drug-likeness (QED) is 0.261. The van der Waals surface area contributed by atoms with Crippen molar-refractivity contribution >= 4 is 29.9 Å². The maximum Gasteiger partial charge on any atom is 0.191 e. The third-order valence-corrected chi connectivity index (χ3v) is 5.36. The van der Waals surface area contributed by atoms with Crippen LogP contribution in [0.4, 0.5) is 0 Å². The van der Waals surface area contributed by atoms with Crippen LogP contribution in [0.1, 0.15) is 56.1 Å². The monoisotopic (exact) mass is 526 g/mol. The number of piperidine rings is 1. The van der Waals surface area contributed by atoms with E-state index in [2.05, 4.69) is 22.5 Å². The average molecular weight is 526 g/mol. The van der Waals surface area contributed by atoms with Crippen molar-refractivity contribution in [2.75, 3.05) is 32.7 Å². The Kier molecular flexibility index (Phi) is 11.2. The second-order valence-electron chi connectivity index (χ2n) is 7.49. The van der Waals surface area contributed by atoms with E-state index >= 15 is 0 Å². The topological polar surface area (TPSA) is 73.0 Å². The van der Waals surface area contributed by atoms with Gasteiger partial charge < -0.3 is 20.2 Å². The maximum absolute atomic E-state index is 10.4. The summed E-state index contributed by atoms with van der Waals surface area (Å²) >= 11 is 0. The highest BCUT2D eigenvalue weighted by atomic mass is 127. The van der Waals surface area contributed by atoms with Gasteiger partial charge in [-0.05, 0) is 57.0 Å². The number of benzene rings is 1. The molecular weight excluding hydrogens is 491 g/mol. The third-order valence-electron chi connectivity index (χ3n) is 5.36. The first-order chi connectivity index (χ1) is 14.3. The lowest BCUT2D eigenvalue weighted by Crippen LogP contribution is -2.40. The molecule has 2 heterocycles. The largest absolute Gasteiger partial charge is 0.468 e. The smallest absolute Gasteiger partial charge is 0.191 e. The molecule has 0 radical (unpaired) electrons. The van der Waals surface area contributed by atoms with E-state index in [1.807, 2.05) is 42.5 Å². The van der Waals surface area contributed by atoms with Crippen LogP contribution in [-0.2, 0) is 0 Å². The summed E-state index contributed by atoms with van der Waals surface area (Å²) in [6.07, 6.45) is 5.66. The molecule has 3 rings (SSSR count). The molecule has 1 aliphatic rings. The van der Waals surface area contributed by atoms with Crippen molar-refractivity contribution in [3.05, 3.63) is 60.1 Å². The Morgan fingerprint density at radius 2 is 1.87 bits per heavy atom. The van der Waals surface area contributed by atoms with Gasteiger partial charge in [-0.3, -0.25) is 9.89 Å². The molecule has 1 aliphatic heterocycles. The number of likely N-dealkylation sites (tertiary alicyclic amines) is 1. The van der Waals surface area contributed by atoms with E-state index in [0.29, 0.717) is 19.5 Å². The molecule has 0 saturated carbocycles. The summed E-state index contributed by atoms with van der Waals surface area (Å²) in [6.45, 7) is 6.33. The van der Waals surface area contributed by atoms with Gasteiger partial charge in [-0.2, -0.15) is 0 Å². The second-order valence-corrected chi connectivity index (χ2v) is 7.49. The van der Waals surface area contributed by atoms with Crippen molar-refractivity contribution in [1.29, 1.82) is 0 Å². The Bertz CT molecular complexity index is 718. The molecule has 6 nitrogen and oxygen atoms in total. The minimum absolute atomic E-state index is 0. The van der Waals surface area contributed by atoms with Crippen LogP contribution in [0, 0.1) is 0 Å². The van der Waals surface area contributed by atoms with Gasteiger partial charge in [0, 0.05) is 13.1 Å². The van der Waals surface area contributed by atoms with E-state index in [0.717, 1.165) is 36.9 Å². The SMILES string of the molecule is CCNC(=NCC(c1ccco1)N1CCCCC1)NCCC(O)c1ccccc1.I. The van der Waals surface area contributed by atoms with Crippen molar-refractivity contribution in [2.24, 2.45) is 4.99 Å². The van der Waals surface area contributed by atoms with E-state index in [4.69, 9.17) is 9.41 Å². The van der Waals surface area contributed by atoms with Crippen LogP contribution >= 0.6 is 24.0 Å². The molecular formula is C23H35IN4O2. The second kappa shape index (κ2) is 13.7. The number of nitrogens with zero attached hydrogens (tertiary/aromatic N) is 2. The van der Waals surface area contributed by atoms with Gasteiger partial charge in [0.15, 0.2) is 5.96 Å². The van der Waals surface area contributed by atoms with Crippen LogP contribution in [0.3, 0.4) is 0 Å². The van der Waals surface area contributed by atoms with Crippen LogP contribution < -0.4 is 10.6 Å². The Labute approximate surface area is 197 Å². The zero-order chi connectivity index (χ0) is 20.3. The van der Waals surface area contributed by atoms with Gasteiger partial charge >= 0.3 is 0 Å². The number of aliphatic imine (C=N–C) groups is 1. The van der Waals surface area contributed by atoms with E-state index in [-0.39, 0.29) is 30.0 Å². The lowest BCUT2D eigenvalue weighted by atomic mass is 10.1. The molecule has 0 aliphatic carbocycles. The van der Waals surface area contributed by atoms with E-state index < -0.39 is 6.10 Å². The van der Waals surface area contributed by atoms with Crippen LogP contribution in [0.5, 0.6) is 0 Å². The number of furan rings is 1. The highest BCUT2D eigenvalue weighted by Gasteiger charge is 2.24. The molecule has 1 aromatic heterocycles. The molecule has 2 atom stereocenters. The van der Waals surface area contributed by atoms with Crippen LogP contribution in [0.15, 0.2) is 58.1 Å². The molecule has 1 aromatic carbocycles. The zero-order valence-electron chi connectivity index (χ0n) is 17.8. The first-order valence-corrected chi connectivity index (χ1v) is 10.8. The fraction of sp³-hybridized carbons (Fsp3) is 0.522.